The molecule has 0 aliphatic rings. The summed E-state index contributed by atoms with van der Waals surface area (Å²) in [5.74, 6) is 0.955. The Bertz CT molecular complexity index is 699. The van der Waals surface area contributed by atoms with Gasteiger partial charge in [0.2, 0.25) is 4.90 Å². The van der Waals surface area contributed by atoms with Crippen LogP contribution >= 0.6 is 0 Å². The second-order valence-corrected chi connectivity index (χ2v) is 7.00. The molecule has 3 rings (SSSR count). The van der Waals surface area contributed by atoms with Crippen molar-refractivity contribution >= 4 is 10.9 Å². The van der Waals surface area contributed by atoms with E-state index in [4.69, 9.17) is 4.74 Å². The van der Waals surface area contributed by atoms with E-state index in [2.05, 4.69) is 79.7 Å². The number of benzene rings is 3. The van der Waals surface area contributed by atoms with Crippen LogP contribution in [0.1, 0.15) is 5.56 Å². The Morgan fingerprint density at radius 3 is 1.73 bits per heavy atom. The Labute approximate surface area is 134 Å². The molecule has 3 aromatic carbocycles. The van der Waals surface area contributed by atoms with Crippen molar-refractivity contribution in [3.05, 3.63) is 84.4 Å². The van der Waals surface area contributed by atoms with Gasteiger partial charge in [0, 0.05) is 5.56 Å². The van der Waals surface area contributed by atoms with E-state index in [0.29, 0.717) is 0 Å². The summed E-state index contributed by atoms with van der Waals surface area (Å²) in [7, 11) is 1.58. The molecule has 0 radical (unpaired) electrons. The molecule has 1 nitrogen and oxygen atoms in total. The standard InChI is InChI=1S/C20H19OS/c1-16-10-9-15-19(21-2)20(16)22(17-11-5-3-6-12-17)18-13-7-4-8-14-18/h3-15H,1-2H3/q+1. The lowest BCUT2D eigenvalue weighted by molar-refractivity contribution is 0.404. The fourth-order valence-electron chi connectivity index (χ4n) is 2.53. The van der Waals surface area contributed by atoms with Gasteiger partial charge in [-0.1, -0.05) is 48.5 Å². The number of hydrogen-bond donors (Lipinski definition) is 0. The van der Waals surface area contributed by atoms with Gasteiger partial charge in [0.05, 0.1) is 7.11 Å². The van der Waals surface area contributed by atoms with Gasteiger partial charge in [-0.2, -0.15) is 0 Å². The van der Waals surface area contributed by atoms with Crippen LogP contribution in [0.25, 0.3) is 0 Å². The van der Waals surface area contributed by atoms with E-state index in [9.17, 15) is 0 Å². The smallest absolute Gasteiger partial charge is 0.211 e. The van der Waals surface area contributed by atoms with E-state index < -0.39 is 0 Å². The summed E-state index contributed by atoms with van der Waals surface area (Å²) >= 11 is 0. The molecule has 0 amide bonds. The quantitative estimate of drug-likeness (QED) is 0.609. The Kier molecular flexibility index (Phi) is 4.50. The van der Waals surface area contributed by atoms with Gasteiger partial charge < -0.3 is 4.74 Å². The molecule has 0 atom stereocenters. The van der Waals surface area contributed by atoms with Gasteiger partial charge in [-0.05, 0) is 37.3 Å². The number of rotatable bonds is 4. The Balaban J connectivity index is 2.24. The molecule has 0 saturated carbocycles. The maximum atomic E-state index is 5.66. The van der Waals surface area contributed by atoms with E-state index in [-0.39, 0.29) is 10.9 Å². The lowest BCUT2D eigenvalue weighted by Crippen LogP contribution is -2.08. The van der Waals surface area contributed by atoms with Crippen LogP contribution in [0.15, 0.2) is 93.5 Å². The summed E-state index contributed by atoms with van der Waals surface area (Å²) in [6, 6.07) is 27.6. The second-order valence-electron chi connectivity index (χ2n) is 5.04. The summed E-state index contributed by atoms with van der Waals surface area (Å²) in [6.45, 7) is 2.16. The highest BCUT2D eigenvalue weighted by atomic mass is 32.2. The van der Waals surface area contributed by atoms with Crippen LogP contribution in [0.4, 0.5) is 0 Å². The molecule has 0 fully saturated rings. The van der Waals surface area contributed by atoms with E-state index in [1.165, 1.54) is 20.2 Å². The van der Waals surface area contributed by atoms with Crippen LogP contribution in [-0.2, 0) is 10.9 Å². The second kappa shape index (κ2) is 6.71. The minimum Gasteiger partial charge on any atom is -0.491 e. The maximum Gasteiger partial charge on any atom is 0.211 e. The molecular weight excluding hydrogens is 288 g/mol. The van der Waals surface area contributed by atoms with Crippen LogP contribution in [0.2, 0.25) is 0 Å². The molecule has 0 N–H and O–H groups in total. The van der Waals surface area contributed by atoms with Gasteiger partial charge in [0.1, 0.15) is 10.9 Å². The fraction of sp³-hybridized carbons (Fsp3) is 0.100. The average Bonchev–Trinajstić information content (AvgIpc) is 2.58. The highest BCUT2D eigenvalue weighted by Crippen LogP contribution is 2.38. The van der Waals surface area contributed by atoms with Gasteiger partial charge in [-0.15, -0.1) is 0 Å². The molecule has 0 bridgehead atoms. The molecule has 0 unspecified atom stereocenters. The van der Waals surface area contributed by atoms with Crippen LogP contribution in [0.5, 0.6) is 5.75 Å². The summed E-state index contributed by atoms with van der Waals surface area (Å²) < 4.78 is 5.66. The van der Waals surface area contributed by atoms with Gasteiger partial charge in [-0.3, -0.25) is 0 Å². The summed E-state index contributed by atoms with van der Waals surface area (Å²) in [4.78, 5) is 3.88. The lowest BCUT2D eigenvalue weighted by Gasteiger charge is -2.13. The van der Waals surface area contributed by atoms with Crippen LogP contribution in [-0.4, -0.2) is 7.11 Å². The molecule has 0 spiro atoms. The molecule has 0 aliphatic heterocycles. The third-order valence-corrected chi connectivity index (χ3v) is 5.98. The third kappa shape index (κ3) is 2.88. The zero-order valence-corrected chi connectivity index (χ0v) is 13.6. The Morgan fingerprint density at radius 1 is 0.682 bits per heavy atom. The Morgan fingerprint density at radius 2 is 1.23 bits per heavy atom. The van der Waals surface area contributed by atoms with Crippen LogP contribution in [0.3, 0.4) is 0 Å². The van der Waals surface area contributed by atoms with Gasteiger partial charge >= 0.3 is 0 Å². The van der Waals surface area contributed by atoms with Crippen molar-refractivity contribution in [2.75, 3.05) is 7.11 Å². The fourth-order valence-corrected chi connectivity index (χ4v) is 4.88. The largest absolute Gasteiger partial charge is 0.491 e. The minimum atomic E-state index is -0.163. The van der Waals surface area contributed by atoms with Crippen LogP contribution in [0, 0.1) is 6.92 Å². The predicted molar refractivity (Wildman–Crippen MR) is 92.8 cm³/mol. The van der Waals surface area contributed by atoms with Gasteiger partial charge in [0.25, 0.3) is 0 Å². The molecule has 110 valence electrons. The SMILES string of the molecule is COc1cccc(C)c1[S+](c1ccccc1)c1ccccc1. The van der Waals surface area contributed by atoms with Crippen molar-refractivity contribution in [1.82, 2.24) is 0 Å². The maximum absolute atomic E-state index is 5.66. The third-order valence-electron chi connectivity index (χ3n) is 3.56. The zero-order valence-electron chi connectivity index (χ0n) is 12.8. The van der Waals surface area contributed by atoms with E-state index >= 15 is 0 Å². The first-order valence-corrected chi connectivity index (χ1v) is 8.51. The lowest BCUT2D eigenvalue weighted by atomic mass is 10.2. The number of aryl methyl sites for hydroxylation is 1. The first-order valence-electron chi connectivity index (χ1n) is 7.29. The molecular formula is C20H19OS+. The molecule has 2 heteroatoms. The predicted octanol–water partition coefficient (Wildman–Crippen LogP) is 5.10. The number of ether oxygens (including phenoxy) is 1. The molecule has 0 heterocycles. The van der Waals surface area contributed by atoms with Crippen molar-refractivity contribution in [2.24, 2.45) is 0 Å². The van der Waals surface area contributed by atoms with E-state index in [0.717, 1.165) is 5.75 Å². The van der Waals surface area contributed by atoms with Crippen molar-refractivity contribution in [1.29, 1.82) is 0 Å². The van der Waals surface area contributed by atoms with E-state index in [1.54, 1.807) is 7.11 Å². The minimum absolute atomic E-state index is 0.163. The van der Waals surface area contributed by atoms with Crippen molar-refractivity contribution < 1.29 is 4.74 Å². The molecule has 0 saturated heterocycles. The molecule has 0 aliphatic carbocycles. The van der Waals surface area contributed by atoms with Crippen molar-refractivity contribution in [3.8, 4) is 5.75 Å². The number of hydrogen-bond acceptors (Lipinski definition) is 1. The van der Waals surface area contributed by atoms with E-state index in [1.807, 2.05) is 6.07 Å². The summed E-state index contributed by atoms with van der Waals surface area (Å²) in [6.07, 6.45) is 0. The van der Waals surface area contributed by atoms with Crippen molar-refractivity contribution in [3.63, 3.8) is 0 Å². The van der Waals surface area contributed by atoms with Crippen LogP contribution < -0.4 is 4.74 Å². The summed E-state index contributed by atoms with van der Waals surface area (Å²) in [5, 5.41) is 0. The van der Waals surface area contributed by atoms with Gasteiger partial charge in [0.15, 0.2) is 15.5 Å². The normalized spacial score (nSPS) is 10.7. The molecule has 22 heavy (non-hydrogen) atoms. The molecule has 3 aromatic rings. The number of methoxy groups -OCH3 is 1. The monoisotopic (exact) mass is 307 g/mol. The Hall–Kier alpha value is -2.19. The molecule has 0 aromatic heterocycles. The zero-order chi connectivity index (χ0) is 15.4. The summed E-state index contributed by atoms with van der Waals surface area (Å²) in [5.41, 5.74) is 1.26. The first-order chi connectivity index (χ1) is 10.8. The average molecular weight is 307 g/mol. The highest BCUT2D eigenvalue weighted by Gasteiger charge is 2.33. The topological polar surface area (TPSA) is 9.23 Å². The van der Waals surface area contributed by atoms with Crippen molar-refractivity contribution in [2.45, 2.75) is 21.6 Å². The first kappa shape index (κ1) is 14.7. The highest BCUT2D eigenvalue weighted by molar-refractivity contribution is 7.97. The van der Waals surface area contributed by atoms with Gasteiger partial charge in [-0.25, -0.2) is 0 Å².